The van der Waals surface area contributed by atoms with Crippen molar-refractivity contribution in [3.05, 3.63) is 45.7 Å². The summed E-state index contributed by atoms with van der Waals surface area (Å²) in [5.74, 6) is 0. The molecule has 4 heteroatoms. The van der Waals surface area contributed by atoms with Crippen LogP contribution in [0, 0.1) is 13.8 Å². The highest BCUT2D eigenvalue weighted by Crippen LogP contribution is 2.12. The van der Waals surface area contributed by atoms with Gasteiger partial charge in [-0.05, 0) is 32.4 Å². The summed E-state index contributed by atoms with van der Waals surface area (Å²) in [4.78, 5) is 5.65. The number of nitrogens with zero attached hydrogens (tertiary/aromatic N) is 2. The first-order valence-electron chi connectivity index (χ1n) is 6.08. The monoisotopic (exact) mass is 262 g/mol. The van der Waals surface area contributed by atoms with Crippen molar-refractivity contribution >= 4 is 17.0 Å². The van der Waals surface area contributed by atoms with E-state index in [1.54, 1.807) is 11.3 Å². The Morgan fingerprint density at radius 3 is 2.61 bits per heavy atom. The second-order valence-corrected chi connectivity index (χ2v) is 5.17. The highest BCUT2D eigenvalue weighted by Gasteiger charge is 2.00. The molecule has 0 aliphatic carbocycles. The van der Waals surface area contributed by atoms with Gasteiger partial charge in [-0.1, -0.05) is 17.7 Å². The average molecular weight is 262 g/mol. The number of aryl methyl sites for hydroxylation is 2. The quantitative estimate of drug-likeness (QED) is 0.904. The molecule has 0 bridgehead atoms. The fourth-order valence-electron chi connectivity index (χ4n) is 1.73. The molecule has 2 aromatic rings. The molecule has 0 aliphatic heterocycles. The number of aliphatic hydroxyl groups is 1. The van der Waals surface area contributed by atoms with Crippen LogP contribution in [0.15, 0.2) is 34.6 Å². The largest absolute Gasteiger partial charge is 0.396 e. The minimum Gasteiger partial charge on any atom is -0.396 e. The first-order valence-corrected chi connectivity index (χ1v) is 6.96. The van der Waals surface area contributed by atoms with Crippen molar-refractivity contribution in [2.75, 3.05) is 6.61 Å². The zero-order valence-electron chi connectivity index (χ0n) is 10.8. The normalized spacial score (nSPS) is 12.1. The molecular formula is C14H18N2OS. The van der Waals surface area contributed by atoms with E-state index in [1.165, 1.54) is 11.3 Å². The Morgan fingerprint density at radius 2 is 1.94 bits per heavy atom. The predicted molar refractivity (Wildman–Crippen MR) is 75.2 cm³/mol. The lowest BCUT2D eigenvalue weighted by Crippen LogP contribution is -2.16. The number of thiazole rings is 1. The zero-order chi connectivity index (χ0) is 13.0. The second-order valence-electron chi connectivity index (χ2n) is 4.34. The van der Waals surface area contributed by atoms with Crippen LogP contribution in [-0.2, 0) is 6.54 Å². The van der Waals surface area contributed by atoms with Gasteiger partial charge in [-0.3, -0.25) is 0 Å². The lowest BCUT2D eigenvalue weighted by atomic mass is 10.2. The van der Waals surface area contributed by atoms with Crippen LogP contribution in [0.2, 0.25) is 0 Å². The average Bonchev–Trinajstić information content (AvgIpc) is 2.71. The summed E-state index contributed by atoms with van der Waals surface area (Å²) in [5.41, 5.74) is 3.41. The molecule has 1 aromatic carbocycles. The summed E-state index contributed by atoms with van der Waals surface area (Å²) in [7, 11) is 0. The summed E-state index contributed by atoms with van der Waals surface area (Å²) in [6.07, 6.45) is 0.763. The molecule has 0 radical (unpaired) electrons. The van der Waals surface area contributed by atoms with Gasteiger partial charge in [0, 0.05) is 24.2 Å². The van der Waals surface area contributed by atoms with Crippen molar-refractivity contribution in [1.29, 1.82) is 0 Å². The SMILES string of the molecule is Cc1ccc(N=c2scc(C)n2CCCO)cc1. The lowest BCUT2D eigenvalue weighted by molar-refractivity contribution is 0.279. The van der Waals surface area contributed by atoms with Crippen LogP contribution >= 0.6 is 11.3 Å². The van der Waals surface area contributed by atoms with Gasteiger partial charge >= 0.3 is 0 Å². The Balaban J connectivity index is 2.35. The van der Waals surface area contributed by atoms with E-state index in [-0.39, 0.29) is 6.61 Å². The number of aromatic nitrogens is 1. The van der Waals surface area contributed by atoms with Gasteiger partial charge in [-0.25, -0.2) is 4.99 Å². The molecule has 0 amide bonds. The Bertz CT molecular complexity index is 566. The van der Waals surface area contributed by atoms with E-state index in [0.717, 1.165) is 23.5 Å². The Kier molecular flexibility index (Phi) is 4.33. The standard InChI is InChI=1S/C14H18N2OS/c1-11-4-6-13(7-5-11)15-14-16(8-3-9-17)12(2)10-18-14/h4-7,10,17H,3,8-9H2,1-2H3. The molecule has 3 nitrogen and oxygen atoms in total. The summed E-state index contributed by atoms with van der Waals surface area (Å²) >= 11 is 1.64. The highest BCUT2D eigenvalue weighted by atomic mass is 32.1. The fourth-order valence-corrected chi connectivity index (χ4v) is 2.66. The van der Waals surface area contributed by atoms with Gasteiger partial charge in [0.2, 0.25) is 0 Å². The molecule has 0 aliphatic rings. The van der Waals surface area contributed by atoms with Crippen LogP contribution in [0.25, 0.3) is 0 Å². The lowest BCUT2D eigenvalue weighted by Gasteiger charge is -2.04. The van der Waals surface area contributed by atoms with Crippen LogP contribution in [0.1, 0.15) is 17.7 Å². The maximum atomic E-state index is 8.93. The summed E-state index contributed by atoms with van der Waals surface area (Å²) in [5, 5.41) is 11.0. The Labute approximate surface area is 111 Å². The summed E-state index contributed by atoms with van der Waals surface area (Å²) < 4.78 is 2.15. The number of rotatable bonds is 4. The van der Waals surface area contributed by atoms with Crippen molar-refractivity contribution in [3.8, 4) is 0 Å². The first-order chi connectivity index (χ1) is 8.70. The van der Waals surface area contributed by atoms with Crippen molar-refractivity contribution in [3.63, 3.8) is 0 Å². The third kappa shape index (κ3) is 3.09. The fraction of sp³-hybridized carbons (Fsp3) is 0.357. The van der Waals surface area contributed by atoms with Gasteiger partial charge in [-0.15, -0.1) is 11.3 Å². The minimum atomic E-state index is 0.215. The van der Waals surface area contributed by atoms with E-state index < -0.39 is 0 Å². The molecule has 1 heterocycles. The maximum Gasteiger partial charge on any atom is 0.190 e. The molecule has 0 unspecified atom stereocenters. The zero-order valence-corrected chi connectivity index (χ0v) is 11.6. The molecule has 2 rings (SSSR count). The van der Waals surface area contributed by atoms with E-state index in [1.807, 2.05) is 12.1 Å². The van der Waals surface area contributed by atoms with E-state index in [4.69, 9.17) is 5.11 Å². The van der Waals surface area contributed by atoms with Crippen molar-refractivity contribution in [2.24, 2.45) is 4.99 Å². The molecule has 1 N–H and O–H groups in total. The number of hydrogen-bond donors (Lipinski definition) is 1. The van der Waals surface area contributed by atoms with E-state index in [0.29, 0.717) is 0 Å². The highest BCUT2D eigenvalue weighted by molar-refractivity contribution is 7.07. The van der Waals surface area contributed by atoms with E-state index in [2.05, 4.69) is 40.9 Å². The summed E-state index contributed by atoms with van der Waals surface area (Å²) in [6.45, 7) is 5.17. The molecule has 0 saturated heterocycles. The third-order valence-corrected chi connectivity index (χ3v) is 3.77. The molecule has 1 aromatic heterocycles. The van der Waals surface area contributed by atoms with Crippen molar-refractivity contribution in [2.45, 2.75) is 26.8 Å². The smallest absolute Gasteiger partial charge is 0.190 e. The first kappa shape index (κ1) is 13.1. The molecule has 0 atom stereocenters. The number of hydrogen-bond acceptors (Lipinski definition) is 3. The van der Waals surface area contributed by atoms with Crippen LogP contribution in [0.4, 0.5) is 5.69 Å². The van der Waals surface area contributed by atoms with Crippen LogP contribution in [-0.4, -0.2) is 16.3 Å². The van der Waals surface area contributed by atoms with Crippen LogP contribution < -0.4 is 4.80 Å². The van der Waals surface area contributed by atoms with Crippen LogP contribution in [0.3, 0.4) is 0 Å². The molecule has 0 spiro atoms. The molecule has 0 saturated carbocycles. The Hall–Kier alpha value is -1.39. The molecule has 0 fully saturated rings. The van der Waals surface area contributed by atoms with Gasteiger partial charge < -0.3 is 9.67 Å². The van der Waals surface area contributed by atoms with Crippen LogP contribution in [0.5, 0.6) is 0 Å². The Morgan fingerprint density at radius 1 is 1.22 bits per heavy atom. The van der Waals surface area contributed by atoms with Crippen molar-refractivity contribution < 1.29 is 5.11 Å². The molecular weight excluding hydrogens is 244 g/mol. The topological polar surface area (TPSA) is 37.5 Å². The molecule has 18 heavy (non-hydrogen) atoms. The summed E-state index contributed by atoms with van der Waals surface area (Å²) in [6, 6.07) is 8.19. The molecule has 96 valence electrons. The van der Waals surface area contributed by atoms with E-state index >= 15 is 0 Å². The van der Waals surface area contributed by atoms with Gasteiger partial charge in [0.15, 0.2) is 4.80 Å². The maximum absolute atomic E-state index is 8.93. The van der Waals surface area contributed by atoms with E-state index in [9.17, 15) is 0 Å². The van der Waals surface area contributed by atoms with Crippen molar-refractivity contribution in [1.82, 2.24) is 4.57 Å². The number of benzene rings is 1. The third-order valence-electron chi connectivity index (χ3n) is 2.79. The van der Waals surface area contributed by atoms with Gasteiger partial charge in [0.25, 0.3) is 0 Å². The van der Waals surface area contributed by atoms with Gasteiger partial charge in [0.1, 0.15) is 0 Å². The predicted octanol–water partition coefficient (Wildman–Crippen LogP) is 2.78. The van der Waals surface area contributed by atoms with Gasteiger partial charge in [-0.2, -0.15) is 0 Å². The second kappa shape index (κ2) is 5.98. The minimum absolute atomic E-state index is 0.215. The number of aliphatic hydroxyl groups excluding tert-OH is 1. The van der Waals surface area contributed by atoms with Gasteiger partial charge in [0.05, 0.1) is 5.69 Å².